The number of aliphatic carboxylic acids is 1. The van der Waals surface area contributed by atoms with E-state index in [1.54, 1.807) is 17.2 Å². The molecule has 0 bridgehead atoms. The van der Waals surface area contributed by atoms with E-state index in [4.69, 9.17) is 5.11 Å². The number of carboxylic acids is 1. The Morgan fingerprint density at radius 3 is 2.85 bits per heavy atom. The second kappa shape index (κ2) is 7.55. The van der Waals surface area contributed by atoms with Gasteiger partial charge in [-0.25, -0.2) is 0 Å². The van der Waals surface area contributed by atoms with E-state index >= 15 is 0 Å². The Hall–Kier alpha value is -2.90. The molecule has 2 aromatic rings. The first-order chi connectivity index (χ1) is 12.5. The number of benzene rings is 1. The molecule has 1 aromatic carbocycles. The Balaban J connectivity index is 1.74. The molecule has 3 rings (SSSR count). The van der Waals surface area contributed by atoms with Crippen molar-refractivity contribution in [3.05, 3.63) is 30.0 Å². The third kappa shape index (κ3) is 3.68. The molecule has 0 aliphatic carbocycles. The van der Waals surface area contributed by atoms with Crippen LogP contribution in [-0.2, 0) is 9.59 Å². The molecule has 0 unspecified atom stereocenters. The zero-order valence-electron chi connectivity index (χ0n) is 14.6. The van der Waals surface area contributed by atoms with Gasteiger partial charge in [0.1, 0.15) is 6.54 Å². The van der Waals surface area contributed by atoms with Crippen LogP contribution in [-0.4, -0.2) is 68.6 Å². The third-order valence-electron chi connectivity index (χ3n) is 4.84. The molecule has 1 aromatic heterocycles. The molecule has 0 saturated carbocycles. The van der Waals surface area contributed by atoms with Gasteiger partial charge in [0.05, 0.1) is 17.3 Å². The molecule has 0 spiro atoms. The smallest absolute Gasteiger partial charge is 0.323 e. The molecule has 8 nitrogen and oxygen atoms in total. The number of hydrogen-bond acceptors (Lipinski definition) is 4. The monoisotopic (exact) mass is 358 g/mol. The van der Waals surface area contributed by atoms with Gasteiger partial charge in [0.25, 0.3) is 5.91 Å². The van der Waals surface area contributed by atoms with Gasteiger partial charge in [-0.15, -0.1) is 0 Å². The van der Waals surface area contributed by atoms with Gasteiger partial charge in [0.15, 0.2) is 0 Å². The number of carbonyl (C=O) groups excluding carboxylic acids is 2. The minimum atomic E-state index is -1.02. The molecule has 0 radical (unpaired) electrons. The van der Waals surface area contributed by atoms with Gasteiger partial charge in [-0.3, -0.25) is 19.5 Å². The van der Waals surface area contributed by atoms with Crippen molar-refractivity contribution in [2.75, 3.05) is 19.6 Å². The van der Waals surface area contributed by atoms with Gasteiger partial charge < -0.3 is 14.9 Å². The number of para-hydroxylation sites is 1. The Bertz CT molecular complexity index is 831. The maximum atomic E-state index is 13.0. The SMILES string of the molecule is CC(=O)N(CC(=O)O)[C@@H]1CCCN(C(=O)c2cccc3cn[nH]c23)CC1. The predicted molar refractivity (Wildman–Crippen MR) is 94.7 cm³/mol. The number of aromatic amines is 1. The minimum Gasteiger partial charge on any atom is -0.480 e. The van der Waals surface area contributed by atoms with Crippen LogP contribution in [0, 0.1) is 0 Å². The van der Waals surface area contributed by atoms with Gasteiger partial charge >= 0.3 is 5.97 Å². The summed E-state index contributed by atoms with van der Waals surface area (Å²) in [5, 5.41) is 16.8. The van der Waals surface area contributed by atoms with Crippen LogP contribution in [0.4, 0.5) is 0 Å². The molecule has 138 valence electrons. The van der Waals surface area contributed by atoms with E-state index in [0.717, 1.165) is 17.3 Å². The highest BCUT2D eigenvalue weighted by Crippen LogP contribution is 2.22. The second-order valence-corrected chi connectivity index (χ2v) is 6.56. The van der Waals surface area contributed by atoms with Crippen LogP contribution in [0.2, 0.25) is 0 Å². The highest BCUT2D eigenvalue weighted by atomic mass is 16.4. The van der Waals surface area contributed by atoms with E-state index < -0.39 is 5.97 Å². The molecule has 26 heavy (non-hydrogen) atoms. The first-order valence-electron chi connectivity index (χ1n) is 8.67. The van der Waals surface area contributed by atoms with Crippen LogP contribution in [0.25, 0.3) is 10.9 Å². The first kappa shape index (κ1) is 17.9. The van der Waals surface area contributed by atoms with E-state index in [9.17, 15) is 14.4 Å². The quantitative estimate of drug-likeness (QED) is 0.861. The largest absolute Gasteiger partial charge is 0.480 e. The molecule has 1 fully saturated rings. The number of aromatic nitrogens is 2. The van der Waals surface area contributed by atoms with Crippen molar-refractivity contribution < 1.29 is 19.5 Å². The Labute approximate surface area is 150 Å². The van der Waals surface area contributed by atoms with Gasteiger partial charge in [-0.05, 0) is 25.3 Å². The lowest BCUT2D eigenvalue weighted by atomic mass is 10.1. The van der Waals surface area contributed by atoms with E-state index in [-0.39, 0.29) is 24.4 Å². The summed E-state index contributed by atoms with van der Waals surface area (Å²) < 4.78 is 0. The average molecular weight is 358 g/mol. The summed E-state index contributed by atoms with van der Waals surface area (Å²) in [6, 6.07) is 5.34. The first-order valence-corrected chi connectivity index (χ1v) is 8.67. The van der Waals surface area contributed by atoms with E-state index in [1.165, 1.54) is 11.8 Å². The number of fused-ring (bicyclic) bond motifs is 1. The number of H-pyrrole nitrogens is 1. The molecule has 1 saturated heterocycles. The molecular formula is C18H22N4O4. The molecule has 1 aliphatic heterocycles. The standard InChI is InChI=1S/C18H22N4O4/c1-12(23)22(11-16(24)25)14-5-3-8-21(9-7-14)18(26)15-6-2-4-13-10-19-20-17(13)15/h2,4,6,10,14H,3,5,7-9,11H2,1H3,(H,19,20)(H,24,25)/t14-/m1/s1. The third-order valence-corrected chi connectivity index (χ3v) is 4.84. The van der Waals surface area contributed by atoms with Crippen molar-refractivity contribution in [3.63, 3.8) is 0 Å². The fourth-order valence-electron chi connectivity index (χ4n) is 3.55. The molecule has 1 atom stereocenters. The van der Waals surface area contributed by atoms with Gasteiger partial charge in [0, 0.05) is 31.4 Å². The lowest BCUT2D eigenvalue weighted by Gasteiger charge is -2.28. The lowest BCUT2D eigenvalue weighted by Crippen LogP contribution is -2.43. The summed E-state index contributed by atoms with van der Waals surface area (Å²) in [5.74, 6) is -1.35. The molecule has 2 heterocycles. The molecular weight excluding hydrogens is 336 g/mol. The number of nitrogens with one attached hydrogen (secondary N) is 1. The van der Waals surface area contributed by atoms with Crippen molar-refractivity contribution in [2.24, 2.45) is 0 Å². The zero-order chi connectivity index (χ0) is 18.7. The predicted octanol–water partition coefficient (Wildman–Crippen LogP) is 1.49. The topological polar surface area (TPSA) is 107 Å². The fourth-order valence-corrected chi connectivity index (χ4v) is 3.55. The van der Waals surface area contributed by atoms with Crippen molar-refractivity contribution in [1.29, 1.82) is 0 Å². The number of nitrogens with zero attached hydrogens (tertiary/aromatic N) is 3. The number of rotatable bonds is 4. The fraction of sp³-hybridized carbons (Fsp3) is 0.444. The zero-order valence-corrected chi connectivity index (χ0v) is 14.6. The van der Waals surface area contributed by atoms with Crippen LogP contribution in [0.3, 0.4) is 0 Å². The van der Waals surface area contributed by atoms with Crippen LogP contribution in [0.15, 0.2) is 24.4 Å². The summed E-state index contributed by atoms with van der Waals surface area (Å²) >= 11 is 0. The number of carbonyl (C=O) groups is 3. The van der Waals surface area contributed by atoms with Crippen LogP contribution < -0.4 is 0 Å². The summed E-state index contributed by atoms with van der Waals surface area (Å²) in [6.07, 6.45) is 3.66. The summed E-state index contributed by atoms with van der Waals surface area (Å²) in [5.41, 5.74) is 1.29. The highest BCUT2D eigenvalue weighted by molar-refractivity contribution is 6.05. The van der Waals surface area contributed by atoms with Gasteiger partial charge in [-0.1, -0.05) is 12.1 Å². The molecule has 1 aliphatic rings. The second-order valence-electron chi connectivity index (χ2n) is 6.56. The minimum absolute atomic E-state index is 0.0758. The number of likely N-dealkylation sites (tertiary alicyclic amines) is 1. The summed E-state index contributed by atoms with van der Waals surface area (Å²) in [4.78, 5) is 39.0. The highest BCUT2D eigenvalue weighted by Gasteiger charge is 2.28. The maximum Gasteiger partial charge on any atom is 0.323 e. The van der Waals surface area contributed by atoms with Crippen LogP contribution in [0.5, 0.6) is 0 Å². The van der Waals surface area contributed by atoms with E-state index in [0.29, 0.717) is 31.5 Å². The lowest BCUT2D eigenvalue weighted by molar-refractivity contribution is -0.145. The van der Waals surface area contributed by atoms with Crippen LogP contribution >= 0.6 is 0 Å². The summed E-state index contributed by atoms with van der Waals surface area (Å²) in [6.45, 7) is 2.15. The molecule has 2 N–H and O–H groups in total. The van der Waals surface area contributed by atoms with E-state index in [1.807, 2.05) is 12.1 Å². The molecule has 8 heteroatoms. The van der Waals surface area contributed by atoms with E-state index in [2.05, 4.69) is 10.2 Å². The van der Waals surface area contributed by atoms with Crippen molar-refractivity contribution >= 4 is 28.7 Å². The van der Waals surface area contributed by atoms with Crippen molar-refractivity contribution in [1.82, 2.24) is 20.0 Å². The normalized spacial score (nSPS) is 17.7. The Morgan fingerprint density at radius 2 is 2.12 bits per heavy atom. The van der Waals surface area contributed by atoms with Gasteiger partial charge in [0.2, 0.25) is 5.91 Å². The number of hydrogen-bond donors (Lipinski definition) is 2. The van der Waals surface area contributed by atoms with Gasteiger partial charge in [-0.2, -0.15) is 5.10 Å². The van der Waals surface area contributed by atoms with Crippen LogP contribution in [0.1, 0.15) is 36.5 Å². The molecule has 2 amide bonds. The van der Waals surface area contributed by atoms with Crippen molar-refractivity contribution in [3.8, 4) is 0 Å². The Kier molecular flexibility index (Phi) is 5.20. The maximum absolute atomic E-state index is 13.0. The summed E-state index contributed by atoms with van der Waals surface area (Å²) in [7, 11) is 0. The van der Waals surface area contributed by atoms with Crippen molar-refractivity contribution in [2.45, 2.75) is 32.2 Å². The Morgan fingerprint density at radius 1 is 1.31 bits per heavy atom. The number of amides is 2. The average Bonchev–Trinajstić information content (AvgIpc) is 2.95. The number of carboxylic acid groups (broad SMARTS) is 1.